The number of hydrogen-bond donors (Lipinski definition) is 1. The van der Waals surface area contributed by atoms with Gasteiger partial charge in [0.15, 0.2) is 0 Å². The molecule has 0 aromatic heterocycles. The molecule has 1 atom stereocenters. The van der Waals surface area contributed by atoms with Crippen LogP contribution in [0.3, 0.4) is 0 Å². The maximum atomic E-state index is 13.6. The molecule has 2 aromatic rings. The monoisotopic (exact) mass is 507 g/mol. The van der Waals surface area contributed by atoms with Crippen molar-refractivity contribution in [2.24, 2.45) is 0 Å². The lowest BCUT2D eigenvalue weighted by molar-refractivity contribution is -0.141. The van der Waals surface area contributed by atoms with Gasteiger partial charge in [-0.05, 0) is 63.4 Å². The number of nitrogens with one attached hydrogen (secondary N) is 1. The van der Waals surface area contributed by atoms with Crippen LogP contribution in [-0.4, -0.2) is 49.5 Å². The van der Waals surface area contributed by atoms with E-state index in [-0.39, 0.29) is 12.5 Å². The van der Waals surface area contributed by atoms with Crippen LogP contribution >= 0.6 is 11.6 Å². The molecular weight excluding hydrogens is 474 g/mol. The molecule has 0 aliphatic carbocycles. The molecular formula is C25H34ClN3O4S. The summed E-state index contributed by atoms with van der Waals surface area (Å²) in [5, 5.41) is 3.39. The van der Waals surface area contributed by atoms with Gasteiger partial charge in [0.25, 0.3) is 0 Å². The third-order valence-electron chi connectivity index (χ3n) is 5.15. The Hall–Kier alpha value is -2.58. The average molecular weight is 508 g/mol. The van der Waals surface area contributed by atoms with Crippen molar-refractivity contribution >= 4 is 39.1 Å². The summed E-state index contributed by atoms with van der Waals surface area (Å²) in [4.78, 5) is 28.2. The number of hydrogen-bond acceptors (Lipinski definition) is 4. The SMILES string of the molecule is CCC(C(=O)NC(C)(C)C)N(Cc1ccccc1Cl)C(=O)CN(c1cccc(C)c1)S(C)(=O)=O. The summed E-state index contributed by atoms with van der Waals surface area (Å²) in [5.41, 5.74) is 1.42. The summed E-state index contributed by atoms with van der Waals surface area (Å²) in [7, 11) is -3.77. The lowest BCUT2D eigenvalue weighted by Gasteiger charge is -2.34. The van der Waals surface area contributed by atoms with Crippen molar-refractivity contribution in [1.82, 2.24) is 10.2 Å². The van der Waals surface area contributed by atoms with Crippen molar-refractivity contribution in [2.75, 3.05) is 17.1 Å². The number of anilines is 1. The number of amides is 2. The van der Waals surface area contributed by atoms with Gasteiger partial charge in [0.1, 0.15) is 12.6 Å². The highest BCUT2D eigenvalue weighted by atomic mass is 35.5. The Labute approximate surface area is 208 Å². The summed E-state index contributed by atoms with van der Waals surface area (Å²) in [5.74, 6) is -0.806. The van der Waals surface area contributed by atoms with Gasteiger partial charge in [0.2, 0.25) is 21.8 Å². The Balaban J connectivity index is 2.48. The van der Waals surface area contributed by atoms with Crippen LogP contribution in [0.5, 0.6) is 0 Å². The minimum atomic E-state index is -3.77. The fourth-order valence-corrected chi connectivity index (χ4v) is 4.62. The topological polar surface area (TPSA) is 86.8 Å². The number of rotatable bonds is 9. The Morgan fingerprint density at radius 3 is 2.26 bits per heavy atom. The smallest absolute Gasteiger partial charge is 0.244 e. The summed E-state index contributed by atoms with van der Waals surface area (Å²) in [6, 6.07) is 13.2. The van der Waals surface area contributed by atoms with E-state index in [1.165, 1.54) is 4.90 Å². The van der Waals surface area contributed by atoms with E-state index in [0.29, 0.717) is 22.7 Å². The van der Waals surface area contributed by atoms with Crippen molar-refractivity contribution in [3.63, 3.8) is 0 Å². The van der Waals surface area contributed by atoms with Gasteiger partial charge in [0, 0.05) is 17.1 Å². The minimum absolute atomic E-state index is 0.0694. The summed E-state index contributed by atoms with van der Waals surface area (Å²) >= 11 is 6.35. The van der Waals surface area contributed by atoms with Gasteiger partial charge in [-0.15, -0.1) is 0 Å². The van der Waals surface area contributed by atoms with Crippen molar-refractivity contribution in [1.29, 1.82) is 0 Å². The molecule has 0 saturated carbocycles. The van der Waals surface area contributed by atoms with E-state index in [4.69, 9.17) is 11.6 Å². The highest BCUT2D eigenvalue weighted by Gasteiger charge is 2.33. The molecule has 2 amide bonds. The van der Waals surface area contributed by atoms with Crippen molar-refractivity contribution in [2.45, 2.75) is 59.2 Å². The fraction of sp³-hybridized carbons (Fsp3) is 0.440. The first kappa shape index (κ1) is 27.7. The van der Waals surface area contributed by atoms with Crippen molar-refractivity contribution in [3.8, 4) is 0 Å². The summed E-state index contributed by atoms with van der Waals surface area (Å²) in [6.07, 6.45) is 1.41. The third kappa shape index (κ3) is 7.74. The van der Waals surface area contributed by atoms with E-state index in [1.807, 2.05) is 40.7 Å². The van der Waals surface area contributed by atoms with E-state index in [9.17, 15) is 18.0 Å². The van der Waals surface area contributed by atoms with Gasteiger partial charge in [-0.2, -0.15) is 0 Å². The predicted octanol–water partition coefficient (Wildman–Crippen LogP) is 4.14. The van der Waals surface area contributed by atoms with Crippen LogP contribution in [0.2, 0.25) is 5.02 Å². The Morgan fingerprint density at radius 1 is 1.09 bits per heavy atom. The van der Waals surface area contributed by atoms with Crippen LogP contribution in [0.15, 0.2) is 48.5 Å². The van der Waals surface area contributed by atoms with Crippen LogP contribution in [-0.2, 0) is 26.2 Å². The molecule has 0 aliphatic heterocycles. The molecule has 7 nitrogen and oxygen atoms in total. The number of nitrogens with zero attached hydrogens (tertiary/aromatic N) is 2. The van der Waals surface area contributed by atoms with Crippen molar-refractivity contribution < 1.29 is 18.0 Å². The van der Waals surface area contributed by atoms with Crippen LogP contribution in [0, 0.1) is 6.92 Å². The molecule has 2 aromatic carbocycles. The predicted molar refractivity (Wildman–Crippen MR) is 137 cm³/mol. The molecule has 0 spiro atoms. The number of aryl methyl sites for hydroxylation is 1. The second-order valence-corrected chi connectivity index (χ2v) is 11.7. The third-order valence-corrected chi connectivity index (χ3v) is 6.66. The summed E-state index contributed by atoms with van der Waals surface area (Å²) < 4.78 is 26.3. The molecule has 1 N–H and O–H groups in total. The second-order valence-electron chi connectivity index (χ2n) is 9.38. The molecule has 2 rings (SSSR count). The molecule has 0 radical (unpaired) electrons. The number of carbonyl (C=O) groups excluding carboxylic acids is 2. The van der Waals surface area contributed by atoms with E-state index < -0.39 is 34.1 Å². The molecule has 0 aliphatic rings. The quantitative estimate of drug-likeness (QED) is 0.552. The molecule has 0 fully saturated rings. The largest absolute Gasteiger partial charge is 0.350 e. The van der Waals surface area contributed by atoms with Gasteiger partial charge in [-0.25, -0.2) is 8.42 Å². The highest BCUT2D eigenvalue weighted by Crippen LogP contribution is 2.23. The van der Waals surface area contributed by atoms with E-state index in [1.54, 1.807) is 42.5 Å². The van der Waals surface area contributed by atoms with Crippen LogP contribution < -0.4 is 9.62 Å². The molecule has 9 heteroatoms. The van der Waals surface area contributed by atoms with Gasteiger partial charge in [-0.1, -0.05) is 48.9 Å². The number of carbonyl (C=O) groups is 2. The van der Waals surface area contributed by atoms with Crippen LogP contribution in [0.4, 0.5) is 5.69 Å². The van der Waals surface area contributed by atoms with Crippen molar-refractivity contribution in [3.05, 3.63) is 64.7 Å². The van der Waals surface area contributed by atoms with Crippen LogP contribution in [0.1, 0.15) is 45.2 Å². The molecule has 0 bridgehead atoms. The van der Waals surface area contributed by atoms with E-state index >= 15 is 0 Å². The lowest BCUT2D eigenvalue weighted by atomic mass is 10.1. The Kier molecular flexibility index (Phi) is 9.14. The van der Waals surface area contributed by atoms with E-state index in [2.05, 4.69) is 5.32 Å². The standard InChI is InChI=1S/C25H34ClN3O4S/c1-7-22(24(31)27-25(3,4)5)28(16-19-12-8-9-14-21(19)26)23(30)17-29(34(6,32)33)20-13-10-11-18(2)15-20/h8-15,22H,7,16-17H2,1-6H3,(H,27,31). The summed E-state index contributed by atoms with van der Waals surface area (Å²) in [6.45, 7) is 8.88. The maximum absolute atomic E-state index is 13.6. The van der Waals surface area contributed by atoms with Gasteiger partial charge < -0.3 is 10.2 Å². The zero-order valence-corrected chi connectivity index (χ0v) is 22.2. The number of sulfonamides is 1. The first-order valence-corrected chi connectivity index (χ1v) is 13.3. The molecule has 186 valence electrons. The van der Waals surface area contributed by atoms with Gasteiger partial charge >= 0.3 is 0 Å². The van der Waals surface area contributed by atoms with Gasteiger partial charge in [-0.3, -0.25) is 13.9 Å². The molecule has 0 saturated heterocycles. The second kappa shape index (κ2) is 11.2. The fourth-order valence-electron chi connectivity index (χ4n) is 3.58. The molecule has 1 unspecified atom stereocenters. The molecule has 34 heavy (non-hydrogen) atoms. The lowest BCUT2D eigenvalue weighted by Crippen LogP contribution is -2.55. The Morgan fingerprint density at radius 2 is 1.74 bits per heavy atom. The first-order valence-electron chi connectivity index (χ1n) is 11.1. The zero-order valence-electron chi connectivity index (χ0n) is 20.6. The van der Waals surface area contributed by atoms with Crippen LogP contribution in [0.25, 0.3) is 0 Å². The van der Waals surface area contributed by atoms with Gasteiger partial charge in [0.05, 0.1) is 11.9 Å². The normalized spacial score (nSPS) is 12.7. The number of halogens is 1. The molecule has 0 heterocycles. The highest BCUT2D eigenvalue weighted by molar-refractivity contribution is 7.92. The zero-order chi connectivity index (χ0) is 25.7. The average Bonchev–Trinajstić information content (AvgIpc) is 2.70. The number of benzene rings is 2. The maximum Gasteiger partial charge on any atom is 0.244 e. The Bertz CT molecular complexity index is 1130. The first-order chi connectivity index (χ1) is 15.7. The van der Waals surface area contributed by atoms with E-state index in [0.717, 1.165) is 16.1 Å². The minimum Gasteiger partial charge on any atom is -0.350 e.